The van der Waals surface area contributed by atoms with E-state index in [0.29, 0.717) is 32.4 Å². The Hall–Kier alpha value is -1.56. The zero-order valence-corrected chi connectivity index (χ0v) is 13.6. The first-order valence-electron chi connectivity index (χ1n) is 6.84. The maximum Gasteiger partial charge on any atom is 0.303 e. The van der Waals surface area contributed by atoms with E-state index in [4.69, 9.17) is 9.84 Å². The highest BCUT2D eigenvalue weighted by Crippen LogP contribution is 2.23. The largest absolute Gasteiger partial charge is 0.492 e. The van der Waals surface area contributed by atoms with Crippen LogP contribution in [0.4, 0.5) is 0 Å². The van der Waals surface area contributed by atoms with Gasteiger partial charge in [-0.1, -0.05) is 12.1 Å². The van der Waals surface area contributed by atoms with E-state index in [0.717, 1.165) is 10.2 Å². The van der Waals surface area contributed by atoms with Gasteiger partial charge in [-0.3, -0.25) is 9.59 Å². The molecule has 0 saturated carbocycles. The van der Waals surface area contributed by atoms with E-state index in [1.54, 1.807) is 11.9 Å². The smallest absolute Gasteiger partial charge is 0.303 e. The highest BCUT2D eigenvalue weighted by molar-refractivity contribution is 9.10. The molecule has 0 aliphatic rings. The van der Waals surface area contributed by atoms with Crippen LogP contribution in [0, 0.1) is 0 Å². The van der Waals surface area contributed by atoms with E-state index in [1.165, 1.54) is 0 Å². The molecule has 0 saturated heterocycles. The maximum absolute atomic E-state index is 11.8. The number of carbonyl (C=O) groups is 2. The van der Waals surface area contributed by atoms with E-state index in [1.807, 2.05) is 24.3 Å². The van der Waals surface area contributed by atoms with Crippen molar-refractivity contribution >= 4 is 27.8 Å². The molecule has 1 rings (SSSR count). The van der Waals surface area contributed by atoms with E-state index < -0.39 is 5.97 Å². The van der Waals surface area contributed by atoms with E-state index in [2.05, 4.69) is 15.9 Å². The maximum atomic E-state index is 11.8. The number of carboxylic acids is 1. The number of nitrogens with zero attached hydrogens (tertiary/aromatic N) is 1. The van der Waals surface area contributed by atoms with Crippen molar-refractivity contribution in [3.8, 4) is 5.75 Å². The molecular weight excluding hydrogens is 338 g/mol. The summed E-state index contributed by atoms with van der Waals surface area (Å²) in [4.78, 5) is 23.8. The van der Waals surface area contributed by atoms with Crippen molar-refractivity contribution in [3.05, 3.63) is 28.7 Å². The summed E-state index contributed by atoms with van der Waals surface area (Å²) in [6, 6.07) is 7.56. The third kappa shape index (κ3) is 7.13. The van der Waals surface area contributed by atoms with Crippen LogP contribution in [0.15, 0.2) is 28.7 Å². The van der Waals surface area contributed by atoms with Gasteiger partial charge in [0, 0.05) is 26.4 Å². The molecule has 0 aliphatic carbocycles. The fourth-order valence-corrected chi connectivity index (χ4v) is 2.15. The highest BCUT2D eigenvalue weighted by atomic mass is 79.9. The van der Waals surface area contributed by atoms with Crippen molar-refractivity contribution in [1.29, 1.82) is 0 Å². The molecule has 116 valence electrons. The molecule has 5 nitrogen and oxygen atoms in total. The summed E-state index contributed by atoms with van der Waals surface area (Å²) in [7, 11) is 1.69. The minimum Gasteiger partial charge on any atom is -0.492 e. The van der Waals surface area contributed by atoms with Crippen LogP contribution < -0.4 is 4.74 Å². The van der Waals surface area contributed by atoms with E-state index in [-0.39, 0.29) is 12.3 Å². The van der Waals surface area contributed by atoms with Gasteiger partial charge in [0.15, 0.2) is 0 Å². The Bertz CT molecular complexity index is 478. The second-order valence-corrected chi connectivity index (χ2v) is 5.55. The SMILES string of the molecule is CN(CCCC(=O)O)C(=O)CCCOc1ccccc1Br. The number of hydrogen-bond donors (Lipinski definition) is 1. The second kappa shape index (κ2) is 9.39. The molecule has 1 aromatic rings. The highest BCUT2D eigenvalue weighted by Gasteiger charge is 2.09. The summed E-state index contributed by atoms with van der Waals surface area (Å²) >= 11 is 3.39. The zero-order chi connectivity index (χ0) is 15.7. The monoisotopic (exact) mass is 357 g/mol. The van der Waals surface area contributed by atoms with Crippen LogP contribution >= 0.6 is 15.9 Å². The average Bonchev–Trinajstić information content (AvgIpc) is 2.44. The Balaban J connectivity index is 2.18. The van der Waals surface area contributed by atoms with E-state index >= 15 is 0 Å². The molecule has 0 bridgehead atoms. The van der Waals surface area contributed by atoms with Crippen molar-refractivity contribution in [1.82, 2.24) is 4.90 Å². The molecule has 1 aromatic carbocycles. The molecule has 21 heavy (non-hydrogen) atoms. The van der Waals surface area contributed by atoms with E-state index in [9.17, 15) is 9.59 Å². The Morgan fingerprint density at radius 3 is 2.62 bits per heavy atom. The number of para-hydroxylation sites is 1. The summed E-state index contributed by atoms with van der Waals surface area (Å²) in [6.45, 7) is 0.938. The van der Waals surface area contributed by atoms with Crippen LogP contribution in [0.3, 0.4) is 0 Å². The van der Waals surface area contributed by atoms with Crippen molar-refractivity contribution < 1.29 is 19.4 Å². The molecular formula is C15H20BrNO4. The van der Waals surface area contributed by atoms with Crippen LogP contribution in [0.25, 0.3) is 0 Å². The molecule has 0 aliphatic heterocycles. The van der Waals surface area contributed by atoms with Gasteiger partial charge in [-0.25, -0.2) is 0 Å². The number of ether oxygens (including phenoxy) is 1. The Kier molecular flexibility index (Phi) is 7.82. The second-order valence-electron chi connectivity index (χ2n) is 4.70. The Labute approximate surface area is 133 Å². The summed E-state index contributed by atoms with van der Waals surface area (Å²) < 4.78 is 6.48. The lowest BCUT2D eigenvalue weighted by Crippen LogP contribution is -2.28. The van der Waals surface area contributed by atoms with Gasteiger partial charge in [-0.2, -0.15) is 0 Å². The minimum absolute atomic E-state index is 0.0103. The van der Waals surface area contributed by atoms with Gasteiger partial charge in [0.2, 0.25) is 5.91 Å². The van der Waals surface area contributed by atoms with Crippen molar-refractivity contribution in [2.24, 2.45) is 0 Å². The number of benzene rings is 1. The quantitative estimate of drug-likeness (QED) is 0.690. The normalized spacial score (nSPS) is 10.2. The molecule has 0 fully saturated rings. The van der Waals surface area contributed by atoms with Gasteiger partial charge in [0.25, 0.3) is 0 Å². The molecule has 1 N–H and O–H groups in total. The van der Waals surface area contributed by atoms with Crippen LogP contribution in [-0.4, -0.2) is 42.1 Å². The van der Waals surface area contributed by atoms with Gasteiger partial charge in [-0.15, -0.1) is 0 Å². The number of hydrogen-bond acceptors (Lipinski definition) is 3. The standard InChI is InChI=1S/C15H20BrNO4/c1-17(10-4-9-15(19)20)14(18)8-5-11-21-13-7-3-2-6-12(13)16/h2-3,6-7H,4-5,8-11H2,1H3,(H,19,20). The van der Waals surface area contributed by atoms with Gasteiger partial charge >= 0.3 is 5.97 Å². The van der Waals surface area contributed by atoms with Gasteiger partial charge in [-0.05, 0) is 40.9 Å². The summed E-state index contributed by atoms with van der Waals surface area (Å²) in [5, 5.41) is 8.55. The third-order valence-corrected chi connectivity index (χ3v) is 3.59. The summed E-state index contributed by atoms with van der Waals surface area (Å²) in [5.74, 6) is -0.0615. The van der Waals surface area contributed by atoms with Gasteiger partial charge in [0.05, 0.1) is 11.1 Å². The minimum atomic E-state index is -0.835. The molecule has 0 spiro atoms. The number of carbonyl (C=O) groups excluding carboxylic acids is 1. The van der Waals surface area contributed by atoms with Crippen LogP contribution in [-0.2, 0) is 9.59 Å². The Morgan fingerprint density at radius 1 is 1.24 bits per heavy atom. The molecule has 6 heteroatoms. The number of rotatable bonds is 9. The predicted octanol–water partition coefficient (Wildman–Crippen LogP) is 2.93. The molecule has 1 amide bonds. The summed E-state index contributed by atoms with van der Waals surface area (Å²) in [6.07, 6.45) is 1.59. The number of halogens is 1. The van der Waals surface area contributed by atoms with Crippen molar-refractivity contribution in [2.75, 3.05) is 20.2 Å². The van der Waals surface area contributed by atoms with Gasteiger partial charge in [0.1, 0.15) is 5.75 Å². The van der Waals surface area contributed by atoms with Crippen LogP contribution in [0.1, 0.15) is 25.7 Å². The van der Waals surface area contributed by atoms with Gasteiger partial charge < -0.3 is 14.7 Å². The third-order valence-electron chi connectivity index (χ3n) is 2.94. The first kappa shape index (κ1) is 17.5. The lowest BCUT2D eigenvalue weighted by Gasteiger charge is -2.16. The van der Waals surface area contributed by atoms with Crippen LogP contribution in [0.5, 0.6) is 5.75 Å². The Morgan fingerprint density at radius 2 is 1.95 bits per heavy atom. The zero-order valence-electron chi connectivity index (χ0n) is 12.0. The molecule has 0 unspecified atom stereocenters. The van der Waals surface area contributed by atoms with Crippen LogP contribution in [0.2, 0.25) is 0 Å². The molecule has 0 aromatic heterocycles. The van der Waals surface area contributed by atoms with Crippen molar-refractivity contribution in [2.45, 2.75) is 25.7 Å². The molecule has 0 atom stereocenters. The number of amides is 1. The average molecular weight is 358 g/mol. The van der Waals surface area contributed by atoms with Crippen molar-refractivity contribution in [3.63, 3.8) is 0 Å². The lowest BCUT2D eigenvalue weighted by atomic mass is 10.2. The lowest BCUT2D eigenvalue weighted by molar-refractivity contribution is -0.138. The first-order chi connectivity index (χ1) is 10.0. The molecule has 0 radical (unpaired) electrons. The fourth-order valence-electron chi connectivity index (χ4n) is 1.75. The number of aliphatic carboxylic acids is 1. The first-order valence-corrected chi connectivity index (χ1v) is 7.63. The fraction of sp³-hybridized carbons (Fsp3) is 0.467. The topological polar surface area (TPSA) is 66.8 Å². The number of carboxylic acid groups (broad SMARTS) is 1. The molecule has 0 heterocycles. The summed E-state index contributed by atoms with van der Waals surface area (Å²) in [5.41, 5.74) is 0. The predicted molar refractivity (Wildman–Crippen MR) is 83.4 cm³/mol.